The summed E-state index contributed by atoms with van der Waals surface area (Å²) in [5, 5.41) is 3.45. The third kappa shape index (κ3) is 3.46. The molecular weight excluding hydrogens is 263 g/mol. The summed E-state index contributed by atoms with van der Waals surface area (Å²) >= 11 is 0. The van der Waals surface area contributed by atoms with Gasteiger partial charge in [0, 0.05) is 32.2 Å². The lowest BCUT2D eigenvalue weighted by Gasteiger charge is -2.41. The van der Waals surface area contributed by atoms with Crippen LogP contribution in [0.3, 0.4) is 0 Å². The van der Waals surface area contributed by atoms with Gasteiger partial charge in [-0.1, -0.05) is 25.3 Å². The first-order valence-electron chi connectivity index (χ1n) is 8.46. The Bertz CT molecular complexity index is 444. The normalized spacial score (nSPS) is 23.1. The molecule has 1 saturated heterocycles. The highest BCUT2D eigenvalue weighted by Gasteiger charge is 2.31. The summed E-state index contributed by atoms with van der Waals surface area (Å²) in [7, 11) is 0. The average Bonchev–Trinajstić information content (AvgIpc) is 2.52. The molecule has 1 saturated carbocycles. The molecule has 116 valence electrons. The molecule has 1 aromatic rings. The number of benzene rings is 1. The quantitative estimate of drug-likeness (QED) is 0.914. The molecular formula is C18H27FN2. The minimum Gasteiger partial charge on any atom is -0.314 e. The van der Waals surface area contributed by atoms with E-state index in [0.29, 0.717) is 6.04 Å². The van der Waals surface area contributed by atoms with E-state index in [2.05, 4.69) is 17.1 Å². The first kappa shape index (κ1) is 15.0. The Hall–Kier alpha value is -0.930. The van der Waals surface area contributed by atoms with E-state index in [-0.39, 0.29) is 5.82 Å². The zero-order chi connectivity index (χ0) is 14.7. The first-order valence-corrected chi connectivity index (χ1v) is 8.46. The van der Waals surface area contributed by atoms with Crippen LogP contribution in [0, 0.1) is 18.7 Å². The number of nitrogens with one attached hydrogen (secondary N) is 1. The predicted molar refractivity (Wildman–Crippen MR) is 84.9 cm³/mol. The van der Waals surface area contributed by atoms with Crippen LogP contribution in [0.1, 0.15) is 49.3 Å². The van der Waals surface area contributed by atoms with Crippen LogP contribution in [0.15, 0.2) is 18.2 Å². The van der Waals surface area contributed by atoms with Crippen molar-refractivity contribution in [2.24, 2.45) is 5.92 Å². The molecule has 3 rings (SSSR count). The average molecular weight is 290 g/mol. The van der Waals surface area contributed by atoms with Gasteiger partial charge in [0.15, 0.2) is 0 Å². The summed E-state index contributed by atoms with van der Waals surface area (Å²) in [6, 6.07) is 5.85. The van der Waals surface area contributed by atoms with Gasteiger partial charge >= 0.3 is 0 Å². The monoisotopic (exact) mass is 290 g/mol. The Kier molecular flexibility index (Phi) is 4.91. The molecule has 1 aromatic carbocycles. The van der Waals surface area contributed by atoms with Crippen molar-refractivity contribution in [1.82, 2.24) is 10.2 Å². The highest BCUT2D eigenvalue weighted by molar-refractivity contribution is 5.30. The largest absolute Gasteiger partial charge is 0.314 e. The molecule has 1 aliphatic carbocycles. The molecule has 0 spiro atoms. The Labute approximate surface area is 127 Å². The maximum absolute atomic E-state index is 13.5. The molecule has 1 heterocycles. The van der Waals surface area contributed by atoms with Gasteiger partial charge < -0.3 is 5.32 Å². The third-order valence-corrected chi connectivity index (χ3v) is 5.19. The Morgan fingerprint density at radius 1 is 1.14 bits per heavy atom. The van der Waals surface area contributed by atoms with Gasteiger partial charge in [-0.25, -0.2) is 4.39 Å². The molecule has 1 atom stereocenters. The number of rotatable bonds is 3. The molecule has 2 fully saturated rings. The second kappa shape index (κ2) is 6.89. The van der Waals surface area contributed by atoms with E-state index in [4.69, 9.17) is 0 Å². The van der Waals surface area contributed by atoms with E-state index in [1.807, 2.05) is 6.07 Å². The van der Waals surface area contributed by atoms with Gasteiger partial charge in [0.1, 0.15) is 5.82 Å². The van der Waals surface area contributed by atoms with Crippen LogP contribution in [0.25, 0.3) is 0 Å². The van der Waals surface area contributed by atoms with Crippen molar-refractivity contribution in [1.29, 1.82) is 0 Å². The fourth-order valence-corrected chi connectivity index (χ4v) is 4.13. The molecule has 0 aromatic heterocycles. The fourth-order valence-electron chi connectivity index (χ4n) is 4.13. The first-order chi connectivity index (χ1) is 10.3. The van der Waals surface area contributed by atoms with Crippen molar-refractivity contribution < 1.29 is 4.39 Å². The number of hydrogen-bond acceptors (Lipinski definition) is 2. The Morgan fingerprint density at radius 3 is 2.52 bits per heavy atom. The summed E-state index contributed by atoms with van der Waals surface area (Å²) in [5.41, 5.74) is 2.47. The van der Waals surface area contributed by atoms with Crippen LogP contribution in [-0.4, -0.2) is 31.1 Å². The molecule has 0 amide bonds. The maximum atomic E-state index is 13.5. The lowest BCUT2D eigenvalue weighted by Crippen LogP contribution is -2.47. The smallest absolute Gasteiger partial charge is 0.123 e. The van der Waals surface area contributed by atoms with Gasteiger partial charge in [-0.15, -0.1) is 0 Å². The van der Waals surface area contributed by atoms with Crippen molar-refractivity contribution in [2.75, 3.05) is 26.2 Å². The summed E-state index contributed by atoms with van der Waals surface area (Å²) in [6.45, 7) is 6.43. The van der Waals surface area contributed by atoms with Crippen molar-refractivity contribution in [2.45, 2.75) is 45.1 Å². The van der Waals surface area contributed by atoms with E-state index < -0.39 is 0 Å². The van der Waals surface area contributed by atoms with E-state index in [9.17, 15) is 4.39 Å². The molecule has 2 aliphatic rings. The Morgan fingerprint density at radius 2 is 1.86 bits per heavy atom. The molecule has 0 radical (unpaired) electrons. The highest BCUT2D eigenvalue weighted by atomic mass is 19.1. The number of halogens is 1. The molecule has 0 unspecified atom stereocenters. The van der Waals surface area contributed by atoms with Crippen LogP contribution in [0.5, 0.6) is 0 Å². The van der Waals surface area contributed by atoms with Crippen LogP contribution in [-0.2, 0) is 0 Å². The van der Waals surface area contributed by atoms with Gasteiger partial charge in [-0.2, -0.15) is 0 Å². The summed E-state index contributed by atoms with van der Waals surface area (Å²) < 4.78 is 13.5. The Balaban J connectivity index is 1.89. The maximum Gasteiger partial charge on any atom is 0.123 e. The van der Waals surface area contributed by atoms with Crippen LogP contribution in [0.2, 0.25) is 0 Å². The van der Waals surface area contributed by atoms with Crippen LogP contribution < -0.4 is 5.32 Å². The van der Waals surface area contributed by atoms with E-state index >= 15 is 0 Å². The van der Waals surface area contributed by atoms with Crippen molar-refractivity contribution in [3.8, 4) is 0 Å². The lowest BCUT2D eigenvalue weighted by molar-refractivity contribution is 0.103. The topological polar surface area (TPSA) is 15.3 Å². The number of hydrogen-bond donors (Lipinski definition) is 1. The summed E-state index contributed by atoms with van der Waals surface area (Å²) in [4.78, 5) is 2.63. The molecule has 1 N–H and O–H groups in total. The van der Waals surface area contributed by atoms with Crippen molar-refractivity contribution in [3.63, 3.8) is 0 Å². The number of nitrogens with zero attached hydrogens (tertiary/aromatic N) is 1. The van der Waals surface area contributed by atoms with E-state index in [1.165, 1.54) is 37.7 Å². The van der Waals surface area contributed by atoms with Crippen LogP contribution >= 0.6 is 0 Å². The molecule has 1 aliphatic heterocycles. The predicted octanol–water partition coefficient (Wildman–Crippen LogP) is 3.66. The minimum atomic E-state index is -0.112. The lowest BCUT2D eigenvalue weighted by atomic mass is 9.79. The minimum absolute atomic E-state index is 0.112. The third-order valence-electron chi connectivity index (χ3n) is 5.19. The van der Waals surface area contributed by atoms with Gasteiger partial charge in [-0.05, 0) is 48.9 Å². The van der Waals surface area contributed by atoms with Crippen molar-refractivity contribution in [3.05, 3.63) is 35.1 Å². The van der Waals surface area contributed by atoms with Gasteiger partial charge in [0.2, 0.25) is 0 Å². The zero-order valence-corrected chi connectivity index (χ0v) is 13.1. The van der Waals surface area contributed by atoms with E-state index in [1.54, 1.807) is 12.1 Å². The zero-order valence-electron chi connectivity index (χ0n) is 13.1. The standard InChI is InChI=1S/C18H27FN2/c1-14-13-16(19)7-8-17(14)18(15-5-3-2-4-6-15)21-11-9-20-10-12-21/h7-8,13,15,18,20H,2-6,9-12H2,1H3/t18-/m1/s1. The molecule has 2 nitrogen and oxygen atoms in total. The van der Waals surface area contributed by atoms with Crippen molar-refractivity contribution >= 4 is 0 Å². The molecule has 0 bridgehead atoms. The molecule has 21 heavy (non-hydrogen) atoms. The number of piperazine rings is 1. The van der Waals surface area contributed by atoms with Gasteiger partial charge in [-0.3, -0.25) is 4.90 Å². The SMILES string of the molecule is Cc1cc(F)ccc1[C@@H](C1CCCCC1)N1CCNCC1. The second-order valence-electron chi connectivity index (χ2n) is 6.63. The van der Waals surface area contributed by atoms with Gasteiger partial charge in [0.05, 0.1) is 0 Å². The highest BCUT2D eigenvalue weighted by Crippen LogP contribution is 2.39. The van der Waals surface area contributed by atoms with Crippen LogP contribution in [0.4, 0.5) is 4.39 Å². The fraction of sp³-hybridized carbons (Fsp3) is 0.667. The molecule has 3 heteroatoms. The second-order valence-corrected chi connectivity index (χ2v) is 6.63. The summed E-state index contributed by atoms with van der Waals surface area (Å²) in [5.74, 6) is 0.625. The van der Waals surface area contributed by atoms with E-state index in [0.717, 1.165) is 37.7 Å². The number of aryl methyl sites for hydroxylation is 1. The summed E-state index contributed by atoms with van der Waals surface area (Å²) in [6.07, 6.45) is 6.74. The van der Waals surface area contributed by atoms with Gasteiger partial charge in [0.25, 0.3) is 0 Å².